The fourth-order valence-electron chi connectivity index (χ4n) is 4.91. The van der Waals surface area contributed by atoms with Crippen LogP contribution in [-0.4, -0.2) is 41.7 Å². The Morgan fingerprint density at radius 1 is 0.911 bits per heavy atom. The third-order valence-electron chi connectivity index (χ3n) is 7.28. The normalized spacial score (nSPS) is 11.6. The van der Waals surface area contributed by atoms with Gasteiger partial charge in [0.25, 0.3) is 11.1 Å². The molecular formula is C31H25Cl2N7O5. The number of methoxy groups -OCH3 is 1. The zero-order valence-electron chi connectivity index (χ0n) is 24.5. The highest BCUT2D eigenvalue weighted by Gasteiger charge is 2.22. The summed E-state index contributed by atoms with van der Waals surface area (Å²) in [6.07, 6.45) is 1.51. The molecule has 0 unspecified atom stereocenters. The van der Waals surface area contributed by atoms with Crippen LogP contribution in [0.25, 0.3) is 22.1 Å². The summed E-state index contributed by atoms with van der Waals surface area (Å²) in [4.78, 5) is 48.0. The smallest absolute Gasteiger partial charge is 0.332 e. The Kier molecular flexibility index (Phi) is 7.77. The Morgan fingerprint density at radius 2 is 1.69 bits per heavy atom. The molecular weight excluding hydrogens is 621 g/mol. The fourth-order valence-corrected chi connectivity index (χ4v) is 5.38. The Hall–Kier alpha value is -5.20. The maximum absolute atomic E-state index is 13.3. The third-order valence-corrected chi connectivity index (χ3v) is 7.87. The first-order valence-corrected chi connectivity index (χ1v) is 14.3. The summed E-state index contributed by atoms with van der Waals surface area (Å²) in [7, 11) is 4.39. The molecule has 228 valence electrons. The SMILES string of the molecule is COc1cc(C=Nn2c(C)nc3ccccc3c2=O)ccc1Oc1nc2c(c(=O)n(C)c(=O)n2C)n1Cc1ccc(Cl)cc1Cl. The Balaban J connectivity index is 1.41. The van der Waals surface area contributed by atoms with Gasteiger partial charge in [-0.2, -0.15) is 14.8 Å². The van der Waals surface area contributed by atoms with E-state index >= 15 is 0 Å². The minimum atomic E-state index is -0.548. The molecule has 0 aliphatic rings. The van der Waals surface area contributed by atoms with Gasteiger partial charge in [-0.1, -0.05) is 41.4 Å². The Bertz CT molecular complexity index is 2350. The van der Waals surface area contributed by atoms with Crippen molar-refractivity contribution in [3.05, 3.63) is 119 Å². The van der Waals surface area contributed by atoms with Crippen LogP contribution in [0.5, 0.6) is 17.5 Å². The number of fused-ring (bicyclic) bond motifs is 2. The molecule has 3 heterocycles. The standard InChI is InChI=1S/C31H25Cl2N7O5/c1-17-35-23-8-6-5-7-21(23)28(41)40(17)34-15-18-9-12-24(25(13-18)44-4)45-30-36-27-26(29(42)38(3)31(43)37(27)2)39(30)16-19-10-11-20(32)14-22(19)33/h5-15H,16H2,1-4H3. The molecule has 45 heavy (non-hydrogen) atoms. The molecule has 3 aromatic carbocycles. The van der Waals surface area contributed by atoms with Gasteiger partial charge < -0.3 is 9.47 Å². The van der Waals surface area contributed by atoms with E-state index in [0.717, 1.165) is 4.57 Å². The largest absolute Gasteiger partial charge is 0.493 e. The van der Waals surface area contributed by atoms with Crippen LogP contribution in [0.1, 0.15) is 17.0 Å². The molecule has 14 heteroatoms. The van der Waals surface area contributed by atoms with Crippen molar-refractivity contribution in [3.8, 4) is 17.5 Å². The molecule has 0 aliphatic heterocycles. The summed E-state index contributed by atoms with van der Waals surface area (Å²) >= 11 is 12.6. The number of hydrogen-bond donors (Lipinski definition) is 0. The number of rotatable bonds is 7. The highest BCUT2D eigenvalue weighted by atomic mass is 35.5. The Labute approximate surface area is 264 Å². The van der Waals surface area contributed by atoms with E-state index in [4.69, 9.17) is 32.7 Å². The van der Waals surface area contributed by atoms with Gasteiger partial charge in [-0.3, -0.25) is 23.3 Å². The number of aryl methyl sites for hydroxylation is 2. The van der Waals surface area contributed by atoms with Crippen molar-refractivity contribution in [2.24, 2.45) is 19.2 Å². The second-order valence-corrected chi connectivity index (χ2v) is 11.0. The summed E-state index contributed by atoms with van der Waals surface area (Å²) < 4.78 is 16.9. The molecule has 0 N–H and O–H groups in total. The van der Waals surface area contributed by atoms with Crippen LogP contribution in [0.4, 0.5) is 0 Å². The number of ether oxygens (including phenoxy) is 2. The van der Waals surface area contributed by atoms with E-state index in [-0.39, 0.29) is 35.0 Å². The topological polar surface area (TPSA) is 128 Å². The van der Waals surface area contributed by atoms with Crippen LogP contribution in [0, 0.1) is 6.92 Å². The number of halogens is 2. The third kappa shape index (κ3) is 5.38. The molecule has 0 saturated heterocycles. The number of hydrogen-bond acceptors (Lipinski definition) is 8. The highest BCUT2D eigenvalue weighted by molar-refractivity contribution is 6.35. The first kappa shape index (κ1) is 29.9. The maximum atomic E-state index is 13.3. The van der Waals surface area contributed by atoms with E-state index < -0.39 is 11.2 Å². The molecule has 0 spiro atoms. The summed E-state index contributed by atoms with van der Waals surface area (Å²) in [6, 6.07) is 17.1. The molecule has 0 aliphatic carbocycles. The average Bonchev–Trinajstić information content (AvgIpc) is 3.38. The molecule has 0 saturated carbocycles. The van der Waals surface area contributed by atoms with Crippen LogP contribution >= 0.6 is 23.2 Å². The zero-order chi connectivity index (χ0) is 32.0. The van der Waals surface area contributed by atoms with Gasteiger partial charge in [-0.05, 0) is 60.5 Å². The number of para-hydroxylation sites is 1. The van der Waals surface area contributed by atoms with Gasteiger partial charge in [0.05, 0.1) is 30.8 Å². The van der Waals surface area contributed by atoms with Crippen molar-refractivity contribution in [1.82, 2.24) is 28.3 Å². The van der Waals surface area contributed by atoms with Crippen molar-refractivity contribution in [1.29, 1.82) is 0 Å². The van der Waals surface area contributed by atoms with Gasteiger partial charge >= 0.3 is 11.7 Å². The van der Waals surface area contributed by atoms with Crippen molar-refractivity contribution in [2.75, 3.05) is 7.11 Å². The van der Waals surface area contributed by atoms with Crippen LogP contribution in [0.2, 0.25) is 10.0 Å². The van der Waals surface area contributed by atoms with Crippen molar-refractivity contribution >= 4 is 51.5 Å². The van der Waals surface area contributed by atoms with Crippen LogP contribution in [0.3, 0.4) is 0 Å². The lowest BCUT2D eigenvalue weighted by Crippen LogP contribution is -2.37. The summed E-state index contributed by atoms with van der Waals surface area (Å²) in [5.41, 5.74) is 0.755. The van der Waals surface area contributed by atoms with E-state index in [9.17, 15) is 14.4 Å². The van der Waals surface area contributed by atoms with Crippen LogP contribution < -0.4 is 26.3 Å². The minimum absolute atomic E-state index is 0.0263. The Morgan fingerprint density at radius 3 is 2.44 bits per heavy atom. The van der Waals surface area contributed by atoms with E-state index in [1.165, 1.54) is 36.7 Å². The predicted octanol–water partition coefficient (Wildman–Crippen LogP) is 4.49. The van der Waals surface area contributed by atoms with Gasteiger partial charge in [0.2, 0.25) is 0 Å². The lowest BCUT2D eigenvalue weighted by Gasteiger charge is -2.13. The molecule has 3 aromatic heterocycles. The number of aromatic nitrogens is 6. The first-order valence-electron chi connectivity index (χ1n) is 13.6. The second kappa shape index (κ2) is 11.7. The maximum Gasteiger partial charge on any atom is 0.332 e. The quantitative estimate of drug-likeness (QED) is 0.234. The average molecular weight is 646 g/mol. The van der Waals surface area contributed by atoms with E-state index in [2.05, 4.69) is 15.1 Å². The predicted molar refractivity (Wildman–Crippen MR) is 173 cm³/mol. The van der Waals surface area contributed by atoms with Crippen LogP contribution in [-0.2, 0) is 20.6 Å². The van der Waals surface area contributed by atoms with Gasteiger partial charge in [-0.25, -0.2) is 9.78 Å². The fraction of sp³-hybridized carbons (Fsp3) is 0.161. The van der Waals surface area contributed by atoms with E-state index in [0.29, 0.717) is 43.6 Å². The van der Waals surface area contributed by atoms with E-state index in [1.807, 2.05) is 6.07 Å². The molecule has 6 aromatic rings. The second-order valence-electron chi connectivity index (χ2n) is 10.1. The molecule has 6 rings (SSSR count). The minimum Gasteiger partial charge on any atom is -0.493 e. The molecule has 12 nitrogen and oxygen atoms in total. The first-order chi connectivity index (χ1) is 21.6. The highest BCUT2D eigenvalue weighted by Crippen LogP contribution is 2.34. The summed E-state index contributed by atoms with van der Waals surface area (Å²) in [6.45, 7) is 1.80. The molecule has 0 amide bonds. The molecule has 0 radical (unpaired) electrons. The van der Waals surface area contributed by atoms with Crippen molar-refractivity contribution < 1.29 is 9.47 Å². The number of benzene rings is 3. The monoisotopic (exact) mass is 645 g/mol. The lowest BCUT2D eigenvalue weighted by atomic mass is 10.2. The number of nitrogens with zero attached hydrogens (tertiary/aromatic N) is 7. The van der Waals surface area contributed by atoms with Crippen molar-refractivity contribution in [2.45, 2.75) is 13.5 Å². The lowest BCUT2D eigenvalue weighted by molar-refractivity contribution is 0.361. The molecule has 0 fully saturated rings. The summed E-state index contributed by atoms with van der Waals surface area (Å²) in [5.74, 6) is 1.03. The van der Waals surface area contributed by atoms with E-state index in [1.54, 1.807) is 66.1 Å². The van der Waals surface area contributed by atoms with Gasteiger partial charge in [0.1, 0.15) is 5.82 Å². The molecule has 0 bridgehead atoms. The number of imidazole rings is 1. The van der Waals surface area contributed by atoms with Gasteiger partial charge in [0, 0.05) is 24.1 Å². The van der Waals surface area contributed by atoms with Gasteiger partial charge in [-0.15, -0.1) is 0 Å². The zero-order valence-corrected chi connectivity index (χ0v) is 26.0. The summed E-state index contributed by atoms with van der Waals surface area (Å²) in [5, 5.41) is 5.66. The van der Waals surface area contributed by atoms with Gasteiger partial charge in [0.15, 0.2) is 22.7 Å². The van der Waals surface area contributed by atoms with Crippen molar-refractivity contribution in [3.63, 3.8) is 0 Å². The van der Waals surface area contributed by atoms with Crippen LogP contribution in [0.15, 0.2) is 80.1 Å². The molecule has 0 atom stereocenters.